The molecule has 1 aliphatic heterocycles. The van der Waals surface area contributed by atoms with Crippen LogP contribution in [-0.2, 0) is 11.2 Å². The summed E-state index contributed by atoms with van der Waals surface area (Å²) in [6.07, 6.45) is 4.30. The van der Waals surface area contributed by atoms with Crippen LogP contribution in [0.5, 0.6) is 0 Å². The van der Waals surface area contributed by atoms with Crippen LogP contribution in [0, 0.1) is 0 Å². The number of hydrogen-bond acceptors (Lipinski definition) is 5. The van der Waals surface area contributed by atoms with Crippen LogP contribution in [0.1, 0.15) is 36.4 Å². The van der Waals surface area contributed by atoms with Gasteiger partial charge in [0.25, 0.3) is 0 Å². The quantitative estimate of drug-likeness (QED) is 0.650. The third kappa shape index (κ3) is 6.02. The number of carbonyl (C=O) groups is 1. The molecule has 1 aromatic carbocycles. The molecule has 146 valence electrons. The Balaban J connectivity index is 1.50. The van der Waals surface area contributed by atoms with Crippen LogP contribution in [0.2, 0.25) is 0 Å². The summed E-state index contributed by atoms with van der Waals surface area (Å²) < 4.78 is 5.55. The SMILES string of the molecule is C[C@H](NC1(CNC(=O)NCCc2nccs2)CCOCC1)c1ccccc1. The van der Waals surface area contributed by atoms with Gasteiger partial charge in [-0.2, -0.15) is 0 Å². The number of hydrogen-bond donors (Lipinski definition) is 3. The Hall–Kier alpha value is -1.96. The number of benzene rings is 1. The summed E-state index contributed by atoms with van der Waals surface area (Å²) >= 11 is 1.61. The van der Waals surface area contributed by atoms with Crippen molar-refractivity contribution in [2.75, 3.05) is 26.3 Å². The van der Waals surface area contributed by atoms with Crippen LogP contribution >= 0.6 is 11.3 Å². The summed E-state index contributed by atoms with van der Waals surface area (Å²) in [7, 11) is 0. The number of carbonyl (C=O) groups excluding carboxylic acids is 1. The number of ether oxygens (including phenoxy) is 1. The Bertz CT molecular complexity index is 687. The van der Waals surface area contributed by atoms with Crippen molar-refractivity contribution < 1.29 is 9.53 Å². The normalized spacial score (nSPS) is 17.2. The highest BCUT2D eigenvalue weighted by Crippen LogP contribution is 2.25. The molecule has 0 radical (unpaired) electrons. The van der Waals surface area contributed by atoms with Crippen molar-refractivity contribution in [1.82, 2.24) is 20.9 Å². The number of thiazole rings is 1. The van der Waals surface area contributed by atoms with E-state index in [1.165, 1.54) is 5.56 Å². The average molecular weight is 389 g/mol. The van der Waals surface area contributed by atoms with Crippen LogP contribution in [-0.4, -0.2) is 42.9 Å². The third-order valence-corrected chi connectivity index (χ3v) is 5.81. The average Bonchev–Trinajstić information content (AvgIpc) is 3.21. The first-order valence-corrected chi connectivity index (χ1v) is 10.4. The highest BCUT2D eigenvalue weighted by atomic mass is 32.1. The van der Waals surface area contributed by atoms with Crippen LogP contribution in [0.25, 0.3) is 0 Å². The molecule has 1 fully saturated rings. The van der Waals surface area contributed by atoms with Crippen molar-refractivity contribution in [3.63, 3.8) is 0 Å². The van der Waals surface area contributed by atoms with Crippen LogP contribution in [0.4, 0.5) is 4.79 Å². The highest BCUT2D eigenvalue weighted by molar-refractivity contribution is 7.09. The molecule has 27 heavy (non-hydrogen) atoms. The molecule has 3 rings (SSSR count). The number of aromatic nitrogens is 1. The molecule has 0 bridgehead atoms. The minimum absolute atomic E-state index is 0.133. The molecular weight excluding hydrogens is 360 g/mol. The van der Waals surface area contributed by atoms with Gasteiger partial charge in [-0.25, -0.2) is 9.78 Å². The first-order valence-electron chi connectivity index (χ1n) is 9.47. The monoisotopic (exact) mass is 388 g/mol. The first-order chi connectivity index (χ1) is 13.2. The fraction of sp³-hybridized carbons (Fsp3) is 0.500. The summed E-state index contributed by atoms with van der Waals surface area (Å²) in [5.74, 6) is 0. The van der Waals surface area contributed by atoms with Gasteiger partial charge in [0.2, 0.25) is 0 Å². The predicted molar refractivity (Wildman–Crippen MR) is 108 cm³/mol. The lowest BCUT2D eigenvalue weighted by Gasteiger charge is -2.40. The predicted octanol–water partition coefficient (Wildman–Crippen LogP) is 2.88. The zero-order chi connectivity index (χ0) is 19.0. The highest BCUT2D eigenvalue weighted by Gasteiger charge is 2.34. The van der Waals surface area contributed by atoms with E-state index < -0.39 is 0 Å². The Kier molecular flexibility index (Phi) is 7.20. The van der Waals surface area contributed by atoms with Crippen LogP contribution in [0.15, 0.2) is 41.9 Å². The smallest absolute Gasteiger partial charge is 0.314 e. The van der Waals surface area contributed by atoms with E-state index in [2.05, 4.69) is 52.1 Å². The van der Waals surface area contributed by atoms with Gasteiger partial charge in [0.1, 0.15) is 0 Å². The van der Waals surface area contributed by atoms with Crippen molar-refractivity contribution in [3.8, 4) is 0 Å². The maximum atomic E-state index is 12.2. The van der Waals surface area contributed by atoms with Gasteiger partial charge in [0, 0.05) is 55.9 Å². The summed E-state index contributed by atoms with van der Waals surface area (Å²) in [6, 6.07) is 10.5. The molecule has 2 aromatic rings. The molecule has 6 nitrogen and oxygen atoms in total. The van der Waals surface area contributed by atoms with Gasteiger partial charge in [0.15, 0.2) is 0 Å². The molecule has 0 spiro atoms. The van der Waals surface area contributed by atoms with Gasteiger partial charge in [0.05, 0.1) is 5.01 Å². The lowest BCUT2D eigenvalue weighted by molar-refractivity contribution is 0.0347. The minimum Gasteiger partial charge on any atom is -0.381 e. The van der Waals surface area contributed by atoms with E-state index >= 15 is 0 Å². The summed E-state index contributed by atoms with van der Waals surface area (Å²) in [4.78, 5) is 16.4. The molecule has 2 heterocycles. The first kappa shape index (κ1) is 19.8. The third-order valence-electron chi connectivity index (χ3n) is 4.97. The van der Waals surface area contributed by atoms with E-state index in [-0.39, 0.29) is 17.6 Å². The van der Waals surface area contributed by atoms with Crippen molar-refractivity contribution in [1.29, 1.82) is 0 Å². The number of nitrogens with zero attached hydrogens (tertiary/aromatic N) is 1. The number of rotatable bonds is 8. The van der Waals surface area contributed by atoms with E-state index in [9.17, 15) is 4.79 Å². The van der Waals surface area contributed by atoms with Crippen molar-refractivity contribution in [3.05, 3.63) is 52.5 Å². The second kappa shape index (κ2) is 9.82. The maximum Gasteiger partial charge on any atom is 0.314 e. The molecule has 1 saturated heterocycles. The number of nitrogens with one attached hydrogen (secondary N) is 3. The van der Waals surface area contributed by atoms with Gasteiger partial charge in [-0.3, -0.25) is 0 Å². The molecule has 0 saturated carbocycles. The van der Waals surface area contributed by atoms with E-state index in [0.29, 0.717) is 26.3 Å². The van der Waals surface area contributed by atoms with Gasteiger partial charge in [-0.15, -0.1) is 11.3 Å². The summed E-state index contributed by atoms with van der Waals surface area (Å²) in [6.45, 7) is 4.75. The van der Waals surface area contributed by atoms with E-state index in [0.717, 1.165) is 24.3 Å². The molecular formula is C20H28N4O2S. The van der Waals surface area contributed by atoms with Gasteiger partial charge >= 0.3 is 6.03 Å². The largest absolute Gasteiger partial charge is 0.381 e. The maximum absolute atomic E-state index is 12.2. The zero-order valence-corrected chi connectivity index (χ0v) is 16.6. The molecule has 1 aromatic heterocycles. The second-order valence-electron chi connectivity index (χ2n) is 6.95. The van der Waals surface area contributed by atoms with Gasteiger partial charge in [-0.1, -0.05) is 30.3 Å². The van der Waals surface area contributed by atoms with Crippen LogP contribution in [0.3, 0.4) is 0 Å². The summed E-state index contributed by atoms with van der Waals surface area (Å²) in [5.41, 5.74) is 1.09. The molecule has 1 atom stereocenters. The second-order valence-corrected chi connectivity index (χ2v) is 7.93. The molecule has 2 amide bonds. The zero-order valence-electron chi connectivity index (χ0n) is 15.7. The minimum atomic E-state index is -0.153. The topological polar surface area (TPSA) is 75.3 Å². The fourth-order valence-electron chi connectivity index (χ4n) is 3.39. The van der Waals surface area contributed by atoms with Crippen molar-refractivity contribution in [2.24, 2.45) is 0 Å². The Labute approximate surface area is 164 Å². The Morgan fingerprint density at radius 1 is 1.26 bits per heavy atom. The van der Waals surface area contributed by atoms with Crippen molar-refractivity contribution >= 4 is 17.4 Å². The molecule has 1 aliphatic rings. The number of amides is 2. The fourth-order valence-corrected chi connectivity index (χ4v) is 4.01. The molecule has 0 unspecified atom stereocenters. The van der Waals surface area contributed by atoms with Crippen molar-refractivity contribution in [2.45, 2.75) is 37.8 Å². The van der Waals surface area contributed by atoms with Crippen LogP contribution < -0.4 is 16.0 Å². The number of urea groups is 1. The summed E-state index contributed by atoms with van der Waals surface area (Å²) in [5, 5.41) is 12.7. The van der Waals surface area contributed by atoms with Gasteiger partial charge in [-0.05, 0) is 25.3 Å². The van der Waals surface area contributed by atoms with E-state index in [1.54, 1.807) is 17.5 Å². The molecule has 0 aliphatic carbocycles. The molecule has 7 heteroatoms. The Morgan fingerprint density at radius 2 is 2.04 bits per heavy atom. The van der Waals surface area contributed by atoms with E-state index in [1.807, 2.05) is 11.4 Å². The molecule has 3 N–H and O–H groups in total. The lowest BCUT2D eigenvalue weighted by atomic mass is 9.88. The lowest BCUT2D eigenvalue weighted by Crippen LogP contribution is -2.58. The standard InChI is InChI=1S/C20H28N4O2S/c1-16(17-5-3-2-4-6-17)24-20(8-12-26-13-9-20)15-23-19(25)22-10-7-18-21-11-14-27-18/h2-6,11,14,16,24H,7-10,12-13,15H2,1H3,(H2,22,23,25)/t16-/m0/s1. The van der Waals surface area contributed by atoms with E-state index in [4.69, 9.17) is 4.74 Å². The Morgan fingerprint density at radius 3 is 2.74 bits per heavy atom. The van der Waals surface area contributed by atoms with Gasteiger partial charge < -0.3 is 20.7 Å².